The molecule has 0 heterocycles. The van der Waals surface area contributed by atoms with Crippen LogP contribution in [0.4, 0.5) is 0 Å². The molecule has 102 valence electrons. The number of carbonyl (C=O) groups excluding carboxylic acids is 1. The Labute approximate surface area is 109 Å². The highest BCUT2D eigenvalue weighted by Gasteiger charge is 2.51. The second-order valence-corrected chi connectivity index (χ2v) is 6.86. The van der Waals surface area contributed by atoms with Crippen molar-refractivity contribution in [2.75, 3.05) is 19.7 Å². The van der Waals surface area contributed by atoms with Crippen molar-refractivity contribution in [2.45, 2.75) is 44.9 Å². The van der Waals surface area contributed by atoms with Crippen LogP contribution in [-0.2, 0) is 4.79 Å². The number of aliphatic hydroxyl groups is 1. The van der Waals surface area contributed by atoms with Crippen LogP contribution in [0.5, 0.6) is 0 Å². The van der Waals surface area contributed by atoms with Crippen LogP contribution in [0.2, 0.25) is 0 Å². The van der Waals surface area contributed by atoms with Gasteiger partial charge in [0.15, 0.2) is 5.78 Å². The van der Waals surface area contributed by atoms with Crippen molar-refractivity contribution in [3.05, 3.63) is 0 Å². The van der Waals surface area contributed by atoms with Crippen LogP contribution in [0.25, 0.3) is 0 Å². The third-order valence-electron chi connectivity index (χ3n) is 5.52. The van der Waals surface area contributed by atoms with Crippen LogP contribution in [0.3, 0.4) is 0 Å². The molecule has 2 atom stereocenters. The number of carbonyl (C=O) groups is 1. The van der Waals surface area contributed by atoms with E-state index in [4.69, 9.17) is 5.11 Å². The van der Waals surface area contributed by atoms with Crippen molar-refractivity contribution >= 4 is 5.78 Å². The Morgan fingerprint density at radius 2 is 1.72 bits per heavy atom. The smallest absolute Gasteiger partial charge is 0.152 e. The monoisotopic (exact) mass is 251 g/mol. The highest BCUT2D eigenvalue weighted by atomic mass is 16.3. The maximum Gasteiger partial charge on any atom is 0.152 e. The molecule has 0 amide bonds. The van der Waals surface area contributed by atoms with E-state index < -0.39 is 0 Å². The van der Waals surface area contributed by atoms with Crippen LogP contribution < -0.4 is 5.32 Å². The van der Waals surface area contributed by atoms with E-state index in [0.29, 0.717) is 18.9 Å². The van der Waals surface area contributed by atoms with Gasteiger partial charge in [0.1, 0.15) is 0 Å². The van der Waals surface area contributed by atoms with E-state index in [1.165, 1.54) is 25.7 Å². The molecule has 0 aromatic rings. The molecule has 0 aliphatic heterocycles. The number of hydrogen-bond acceptors (Lipinski definition) is 3. The normalized spacial score (nSPS) is 41.9. The fourth-order valence-electron chi connectivity index (χ4n) is 5.00. The van der Waals surface area contributed by atoms with Crippen LogP contribution in [0.1, 0.15) is 44.9 Å². The lowest BCUT2D eigenvalue weighted by Crippen LogP contribution is -2.46. The summed E-state index contributed by atoms with van der Waals surface area (Å²) in [6.45, 7) is 1.12. The summed E-state index contributed by atoms with van der Waals surface area (Å²) in [5, 5.41) is 11.9. The van der Waals surface area contributed by atoms with E-state index in [0.717, 1.165) is 37.0 Å². The summed E-state index contributed by atoms with van der Waals surface area (Å²) < 4.78 is 0. The summed E-state index contributed by atoms with van der Waals surface area (Å²) >= 11 is 0. The van der Waals surface area contributed by atoms with Crippen molar-refractivity contribution in [2.24, 2.45) is 23.2 Å². The predicted octanol–water partition coefficient (Wildman–Crippen LogP) is 1.74. The lowest BCUT2D eigenvalue weighted by atomic mass is 9.57. The number of nitrogens with one attached hydrogen (secondary N) is 1. The molecule has 4 aliphatic rings. The molecular formula is C15H25NO2. The fraction of sp³-hybridized carbons (Fsp3) is 0.933. The summed E-state index contributed by atoms with van der Waals surface area (Å²) in [6, 6.07) is 0. The summed E-state index contributed by atoms with van der Waals surface area (Å²) in [7, 11) is 0. The van der Waals surface area contributed by atoms with Gasteiger partial charge in [-0.1, -0.05) is 12.8 Å². The zero-order chi connectivity index (χ0) is 12.6. The second kappa shape index (κ2) is 4.93. The Bertz CT molecular complexity index is 312. The van der Waals surface area contributed by atoms with E-state index >= 15 is 0 Å². The number of rotatable bonds is 5. The predicted molar refractivity (Wildman–Crippen MR) is 70.2 cm³/mol. The first-order valence-corrected chi connectivity index (χ1v) is 7.57. The SMILES string of the molecule is O=C(CNCCO)C12CC3C[C@H](CC[C@@H](C3)C1)C2. The van der Waals surface area contributed by atoms with Crippen molar-refractivity contribution in [3.8, 4) is 0 Å². The van der Waals surface area contributed by atoms with Crippen molar-refractivity contribution in [1.82, 2.24) is 5.32 Å². The number of aliphatic hydroxyl groups excluding tert-OH is 1. The maximum absolute atomic E-state index is 12.6. The molecule has 0 aromatic heterocycles. The Morgan fingerprint density at radius 1 is 1.11 bits per heavy atom. The molecular weight excluding hydrogens is 226 g/mol. The Morgan fingerprint density at radius 3 is 2.33 bits per heavy atom. The Hall–Kier alpha value is -0.410. The lowest BCUT2D eigenvalue weighted by Gasteiger charge is -2.47. The third kappa shape index (κ3) is 2.23. The van der Waals surface area contributed by atoms with Crippen LogP contribution in [0.15, 0.2) is 0 Å². The van der Waals surface area contributed by atoms with Crippen molar-refractivity contribution < 1.29 is 9.90 Å². The molecule has 4 bridgehead atoms. The van der Waals surface area contributed by atoms with E-state index in [9.17, 15) is 4.79 Å². The van der Waals surface area contributed by atoms with Crippen molar-refractivity contribution in [1.29, 1.82) is 0 Å². The maximum atomic E-state index is 12.6. The van der Waals surface area contributed by atoms with Gasteiger partial charge < -0.3 is 10.4 Å². The van der Waals surface area contributed by atoms with Gasteiger partial charge in [-0.2, -0.15) is 0 Å². The van der Waals surface area contributed by atoms with Gasteiger partial charge >= 0.3 is 0 Å². The molecule has 4 rings (SSSR count). The Kier molecular flexibility index (Phi) is 3.46. The quantitative estimate of drug-likeness (QED) is 0.732. The highest BCUT2D eigenvalue weighted by molar-refractivity contribution is 5.87. The van der Waals surface area contributed by atoms with Gasteiger partial charge in [-0.05, 0) is 49.9 Å². The third-order valence-corrected chi connectivity index (χ3v) is 5.52. The fourth-order valence-corrected chi connectivity index (χ4v) is 5.00. The summed E-state index contributed by atoms with van der Waals surface area (Å²) in [6.07, 6.45) is 8.95. The van der Waals surface area contributed by atoms with Gasteiger partial charge in [-0.15, -0.1) is 0 Å². The summed E-state index contributed by atoms with van der Waals surface area (Å²) in [4.78, 5) is 12.6. The van der Waals surface area contributed by atoms with Gasteiger partial charge in [0.2, 0.25) is 0 Å². The average Bonchev–Trinajstić information content (AvgIpc) is 2.56. The minimum absolute atomic E-state index is 0.00938. The van der Waals surface area contributed by atoms with Crippen molar-refractivity contribution in [3.63, 3.8) is 0 Å². The second-order valence-electron chi connectivity index (χ2n) is 6.86. The standard InChI is InChI=1S/C15H25NO2/c17-4-3-16-10-14(18)15-7-11-1-2-12(8-15)6-13(5-11)9-15/h11-13,16-17H,1-10H2/t11-,12-,13?,15?/m0/s1. The van der Waals surface area contributed by atoms with E-state index in [1.807, 2.05) is 0 Å². The molecule has 4 fully saturated rings. The molecule has 0 radical (unpaired) electrons. The topological polar surface area (TPSA) is 49.3 Å². The molecule has 0 aromatic carbocycles. The number of ketones is 1. The molecule has 4 aliphatic carbocycles. The molecule has 18 heavy (non-hydrogen) atoms. The number of fused-ring (bicyclic) bond motifs is 1. The zero-order valence-electron chi connectivity index (χ0n) is 11.2. The summed E-state index contributed by atoms with van der Waals surface area (Å²) in [5.74, 6) is 2.89. The van der Waals surface area contributed by atoms with Gasteiger partial charge in [0.25, 0.3) is 0 Å². The van der Waals surface area contributed by atoms with Crippen LogP contribution in [0, 0.1) is 23.2 Å². The minimum atomic E-state index is 0.00938. The Balaban J connectivity index is 1.71. The molecule has 0 saturated heterocycles. The first-order chi connectivity index (χ1) is 8.72. The summed E-state index contributed by atoms with van der Waals surface area (Å²) in [5.41, 5.74) is 0.00938. The zero-order valence-corrected chi connectivity index (χ0v) is 11.2. The molecule has 4 saturated carbocycles. The molecule has 3 heteroatoms. The van der Waals surface area contributed by atoms with Gasteiger partial charge in [-0.3, -0.25) is 4.79 Å². The van der Waals surface area contributed by atoms with E-state index in [2.05, 4.69) is 5.32 Å². The first-order valence-electron chi connectivity index (χ1n) is 7.57. The van der Waals surface area contributed by atoms with E-state index in [1.54, 1.807) is 0 Å². The average molecular weight is 251 g/mol. The minimum Gasteiger partial charge on any atom is -0.395 e. The highest BCUT2D eigenvalue weighted by Crippen LogP contribution is 2.57. The number of hydrogen-bond donors (Lipinski definition) is 2. The van der Waals surface area contributed by atoms with Gasteiger partial charge in [-0.25, -0.2) is 0 Å². The van der Waals surface area contributed by atoms with E-state index in [-0.39, 0.29) is 12.0 Å². The molecule has 0 spiro atoms. The largest absolute Gasteiger partial charge is 0.395 e. The first kappa shape index (κ1) is 12.6. The molecule has 0 unspecified atom stereocenters. The van der Waals surface area contributed by atoms with Gasteiger partial charge in [0.05, 0.1) is 13.2 Å². The number of Topliss-reactive ketones (excluding diaryl/α,β-unsaturated/α-hetero) is 1. The van der Waals surface area contributed by atoms with Crippen LogP contribution >= 0.6 is 0 Å². The molecule has 3 nitrogen and oxygen atoms in total. The van der Waals surface area contributed by atoms with Gasteiger partial charge in [0, 0.05) is 12.0 Å². The molecule has 2 N–H and O–H groups in total. The van der Waals surface area contributed by atoms with Crippen LogP contribution in [-0.4, -0.2) is 30.6 Å². The lowest BCUT2D eigenvalue weighted by molar-refractivity contribution is -0.135.